The van der Waals surface area contributed by atoms with Gasteiger partial charge in [0.1, 0.15) is 0 Å². The van der Waals surface area contributed by atoms with E-state index < -0.39 is 36.2 Å². The minimum Gasteiger partial charge on any atom is -0.352 e. The van der Waals surface area contributed by atoms with Gasteiger partial charge in [-0.15, -0.1) is 0 Å². The van der Waals surface area contributed by atoms with Crippen LogP contribution in [0.4, 0.5) is 0 Å². The second-order valence-electron chi connectivity index (χ2n) is 6.46. The van der Waals surface area contributed by atoms with E-state index in [2.05, 4.69) is 0 Å². The van der Waals surface area contributed by atoms with E-state index in [1.165, 1.54) is 14.2 Å². The van der Waals surface area contributed by atoms with Gasteiger partial charge in [0.15, 0.2) is 0 Å². The van der Waals surface area contributed by atoms with Crippen LogP contribution in [0.3, 0.4) is 0 Å². The Labute approximate surface area is 162 Å². The number of nitrogens with zero attached hydrogens (tertiary/aromatic N) is 2. The van der Waals surface area contributed by atoms with E-state index >= 15 is 0 Å². The first-order chi connectivity index (χ1) is 13.1. The van der Waals surface area contributed by atoms with Crippen LogP contribution < -0.4 is 0 Å². The lowest BCUT2D eigenvalue weighted by Crippen LogP contribution is -2.43. The smallest absolute Gasteiger partial charge is 0.257 e. The average molecular weight is 396 g/mol. The molecule has 0 aromatic rings. The molecule has 0 bridgehead atoms. The summed E-state index contributed by atoms with van der Waals surface area (Å²) in [6.45, 7) is 5.88. The van der Waals surface area contributed by atoms with Crippen LogP contribution in [-0.2, 0) is 38.4 Å². The van der Waals surface area contributed by atoms with E-state index in [-0.39, 0.29) is 13.1 Å². The standard InChI is InChI=1S/C18H24N2O8/c1-9-10(2)16(22)19(15(9)21)7-13(25-5)27-28-14(26-6)8-20-17(23)11(3)12(4)18(20)24/h13-14H,7-8H2,1-6H3. The summed E-state index contributed by atoms with van der Waals surface area (Å²) < 4.78 is 10.2. The summed E-state index contributed by atoms with van der Waals surface area (Å²) in [7, 11) is 2.64. The topological polar surface area (TPSA) is 112 Å². The fraction of sp³-hybridized carbons (Fsp3) is 0.556. The van der Waals surface area contributed by atoms with Gasteiger partial charge in [-0.05, 0) is 27.7 Å². The predicted molar refractivity (Wildman–Crippen MR) is 94.0 cm³/mol. The second-order valence-corrected chi connectivity index (χ2v) is 6.46. The van der Waals surface area contributed by atoms with Gasteiger partial charge in [0, 0.05) is 36.5 Å². The number of amides is 4. The minimum atomic E-state index is -1.09. The summed E-state index contributed by atoms with van der Waals surface area (Å²) in [4.78, 5) is 60.7. The molecule has 10 nitrogen and oxygen atoms in total. The normalized spacial score (nSPS) is 20.2. The lowest BCUT2D eigenvalue weighted by Gasteiger charge is -2.25. The van der Waals surface area contributed by atoms with E-state index in [9.17, 15) is 19.2 Å². The van der Waals surface area contributed by atoms with Crippen molar-refractivity contribution < 1.29 is 38.4 Å². The second kappa shape index (κ2) is 8.74. The van der Waals surface area contributed by atoms with Crippen molar-refractivity contribution in [2.24, 2.45) is 0 Å². The number of imide groups is 2. The molecule has 0 aliphatic carbocycles. The van der Waals surface area contributed by atoms with Crippen LogP contribution in [0, 0.1) is 0 Å². The van der Waals surface area contributed by atoms with Gasteiger partial charge in [-0.25, -0.2) is 0 Å². The largest absolute Gasteiger partial charge is 0.352 e. The molecule has 2 rings (SSSR count). The lowest BCUT2D eigenvalue weighted by atomic mass is 10.2. The highest BCUT2D eigenvalue weighted by molar-refractivity contribution is 6.19. The van der Waals surface area contributed by atoms with Crippen molar-refractivity contribution in [1.82, 2.24) is 9.80 Å². The van der Waals surface area contributed by atoms with Gasteiger partial charge in [0.2, 0.25) is 12.6 Å². The third-order valence-electron chi connectivity index (χ3n) is 4.85. The van der Waals surface area contributed by atoms with E-state index in [4.69, 9.17) is 19.2 Å². The van der Waals surface area contributed by atoms with Crippen molar-refractivity contribution in [3.05, 3.63) is 22.3 Å². The van der Waals surface area contributed by atoms with Crippen LogP contribution in [0.25, 0.3) is 0 Å². The van der Waals surface area contributed by atoms with E-state index in [1.54, 1.807) is 27.7 Å². The average Bonchev–Trinajstić information content (AvgIpc) is 2.98. The molecule has 0 aromatic carbocycles. The zero-order chi connectivity index (χ0) is 21.2. The van der Waals surface area contributed by atoms with Gasteiger partial charge in [0.25, 0.3) is 23.6 Å². The highest BCUT2D eigenvalue weighted by Gasteiger charge is 2.37. The first-order valence-electron chi connectivity index (χ1n) is 8.59. The number of hydrogen-bond acceptors (Lipinski definition) is 8. The molecule has 0 saturated heterocycles. The summed E-state index contributed by atoms with van der Waals surface area (Å²) >= 11 is 0. The Hall–Kier alpha value is -2.40. The number of carbonyl (C=O) groups is 4. The van der Waals surface area contributed by atoms with Crippen LogP contribution in [0.5, 0.6) is 0 Å². The lowest BCUT2D eigenvalue weighted by molar-refractivity contribution is -0.428. The molecule has 0 aromatic heterocycles. The molecule has 2 heterocycles. The molecule has 154 valence electrons. The Balaban J connectivity index is 1.93. The summed E-state index contributed by atoms with van der Waals surface area (Å²) in [6.07, 6.45) is -2.17. The van der Waals surface area contributed by atoms with Gasteiger partial charge in [0.05, 0.1) is 13.1 Å². The predicted octanol–water partition coefficient (Wildman–Crippen LogP) is 0.290. The molecule has 2 aliphatic rings. The van der Waals surface area contributed by atoms with Crippen molar-refractivity contribution in [2.75, 3.05) is 27.3 Å². The summed E-state index contributed by atoms with van der Waals surface area (Å²) in [5.74, 6) is -1.72. The molecular weight excluding hydrogens is 372 g/mol. The molecule has 4 amide bonds. The maximum Gasteiger partial charge on any atom is 0.257 e. The number of ether oxygens (including phenoxy) is 2. The molecule has 0 N–H and O–H groups in total. The molecule has 2 aliphatic heterocycles. The maximum atomic E-state index is 12.1. The Bertz CT molecular complexity index is 658. The number of hydrogen-bond donors (Lipinski definition) is 0. The van der Waals surface area contributed by atoms with E-state index in [0.29, 0.717) is 22.3 Å². The van der Waals surface area contributed by atoms with Gasteiger partial charge >= 0.3 is 0 Å². The number of carbonyl (C=O) groups excluding carboxylic acids is 4. The van der Waals surface area contributed by atoms with Gasteiger partial charge in [-0.3, -0.25) is 29.0 Å². The zero-order valence-corrected chi connectivity index (χ0v) is 16.7. The summed E-state index contributed by atoms with van der Waals surface area (Å²) in [6, 6.07) is 0. The third-order valence-corrected chi connectivity index (χ3v) is 4.85. The molecule has 0 spiro atoms. The first kappa shape index (κ1) is 21.9. The highest BCUT2D eigenvalue weighted by atomic mass is 17.2. The van der Waals surface area contributed by atoms with Gasteiger partial charge in [-0.1, -0.05) is 0 Å². The maximum absolute atomic E-state index is 12.1. The number of rotatable bonds is 9. The van der Waals surface area contributed by atoms with E-state index in [0.717, 1.165) is 9.80 Å². The van der Waals surface area contributed by atoms with Gasteiger partial charge in [-0.2, -0.15) is 9.78 Å². The number of methoxy groups -OCH3 is 2. The Morgan fingerprint density at radius 2 is 0.857 bits per heavy atom. The molecule has 0 saturated carbocycles. The summed E-state index contributed by atoms with van der Waals surface area (Å²) in [5.41, 5.74) is 1.44. The van der Waals surface area contributed by atoms with Crippen molar-refractivity contribution in [3.8, 4) is 0 Å². The Kier molecular flexibility index (Phi) is 6.83. The third kappa shape index (κ3) is 4.04. The molecule has 0 fully saturated rings. The van der Waals surface area contributed by atoms with Crippen LogP contribution in [0.2, 0.25) is 0 Å². The molecule has 28 heavy (non-hydrogen) atoms. The Morgan fingerprint density at radius 1 is 0.607 bits per heavy atom. The van der Waals surface area contributed by atoms with Crippen LogP contribution in [0.1, 0.15) is 27.7 Å². The fourth-order valence-electron chi connectivity index (χ4n) is 2.68. The van der Waals surface area contributed by atoms with Crippen LogP contribution >= 0.6 is 0 Å². The van der Waals surface area contributed by atoms with Crippen molar-refractivity contribution in [3.63, 3.8) is 0 Å². The van der Waals surface area contributed by atoms with Crippen molar-refractivity contribution in [1.29, 1.82) is 0 Å². The molecule has 10 heteroatoms. The van der Waals surface area contributed by atoms with Crippen LogP contribution in [-0.4, -0.2) is 73.3 Å². The molecule has 2 unspecified atom stereocenters. The monoisotopic (exact) mass is 396 g/mol. The van der Waals surface area contributed by atoms with E-state index in [1.807, 2.05) is 0 Å². The first-order valence-corrected chi connectivity index (χ1v) is 8.59. The summed E-state index contributed by atoms with van der Waals surface area (Å²) in [5, 5.41) is 0. The van der Waals surface area contributed by atoms with Gasteiger partial charge < -0.3 is 9.47 Å². The Morgan fingerprint density at radius 3 is 1.07 bits per heavy atom. The minimum absolute atomic E-state index is 0.194. The fourth-order valence-corrected chi connectivity index (χ4v) is 2.68. The molecule has 0 radical (unpaired) electrons. The SMILES string of the molecule is COC(CN1C(=O)C(C)=C(C)C1=O)OOC(CN1C(=O)C(C)=C(C)C1=O)OC. The quantitative estimate of drug-likeness (QED) is 0.237. The van der Waals surface area contributed by atoms with Crippen LogP contribution in [0.15, 0.2) is 22.3 Å². The van der Waals surface area contributed by atoms with Crippen molar-refractivity contribution in [2.45, 2.75) is 40.3 Å². The van der Waals surface area contributed by atoms with Crippen molar-refractivity contribution >= 4 is 23.6 Å². The highest BCUT2D eigenvalue weighted by Crippen LogP contribution is 2.22. The molecular formula is C18H24N2O8. The molecule has 2 atom stereocenters. The zero-order valence-electron chi connectivity index (χ0n) is 16.7.